The largest absolute Gasteiger partial charge is 0.206 e. The van der Waals surface area contributed by atoms with Crippen molar-refractivity contribution in [2.24, 2.45) is 0 Å². The number of rotatable bonds is 1. The summed E-state index contributed by atoms with van der Waals surface area (Å²) in [7, 11) is 0. The smallest absolute Gasteiger partial charge is 0.169 e. The molecule has 0 saturated heterocycles. The number of hydrogen-bond donors (Lipinski definition) is 0. The van der Waals surface area contributed by atoms with Crippen LogP contribution < -0.4 is 0 Å². The Morgan fingerprint density at radius 1 is 0.364 bits per heavy atom. The van der Waals surface area contributed by atoms with E-state index >= 15 is 0 Å². The topological polar surface area (TPSA) is 0 Å². The zero-order chi connectivity index (χ0) is 16.9. The molecule has 0 heterocycles. The van der Waals surface area contributed by atoms with Crippen molar-refractivity contribution in [1.82, 2.24) is 0 Å². The van der Waals surface area contributed by atoms with Gasteiger partial charge in [0.05, 0.1) is 5.56 Å². The van der Waals surface area contributed by atoms with Gasteiger partial charge in [-0.3, -0.25) is 0 Å². The van der Waals surface area contributed by atoms with E-state index in [9.17, 15) is 26.3 Å². The molecule has 0 N–H and O–H groups in total. The quantitative estimate of drug-likeness (QED) is 0.486. The Morgan fingerprint density at radius 2 is 0.773 bits per heavy atom. The molecule has 0 aliphatic carbocycles. The Bertz CT molecular complexity index is 667. The predicted octanol–water partition coefficient (Wildman–Crippen LogP) is 5.42. The molecule has 0 fully saturated rings. The van der Waals surface area contributed by atoms with E-state index in [4.69, 9.17) is 0 Å². The Labute approximate surface area is 123 Å². The van der Waals surface area contributed by atoms with Crippen molar-refractivity contribution >= 4 is 0 Å². The minimum atomic E-state index is -1.68. The highest BCUT2D eigenvalue weighted by atomic mass is 19.2. The molecule has 118 valence electrons. The summed E-state index contributed by atoms with van der Waals surface area (Å²) in [4.78, 5) is 0. The highest BCUT2D eigenvalue weighted by molar-refractivity contribution is 5.71. The minimum absolute atomic E-state index is 0.255. The van der Waals surface area contributed by atoms with Crippen LogP contribution in [0.1, 0.15) is 22.3 Å². The van der Waals surface area contributed by atoms with Crippen molar-refractivity contribution in [2.45, 2.75) is 27.7 Å². The standard InChI is InChI=1S/C16H12F6/c1-5-6(2)13(19)16(22)10(12(5)18)9-7(3)11(17)8(4)14(20)15(9)21/h1-4H3. The molecule has 22 heavy (non-hydrogen) atoms. The lowest BCUT2D eigenvalue weighted by molar-refractivity contribution is 0.475. The maximum Gasteiger partial charge on any atom is 0.169 e. The summed E-state index contributed by atoms with van der Waals surface area (Å²) in [6, 6.07) is 0. The van der Waals surface area contributed by atoms with Crippen LogP contribution >= 0.6 is 0 Å². The molecule has 0 radical (unpaired) electrons. The van der Waals surface area contributed by atoms with Crippen molar-refractivity contribution in [3.63, 3.8) is 0 Å². The van der Waals surface area contributed by atoms with Crippen molar-refractivity contribution in [2.75, 3.05) is 0 Å². The van der Waals surface area contributed by atoms with Gasteiger partial charge in [0.25, 0.3) is 0 Å². The minimum Gasteiger partial charge on any atom is -0.206 e. The average Bonchev–Trinajstić information content (AvgIpc) is 2.50. The van der Waals surface area contributed by atoms with Gasteiger partial charge in [0.15, 0.2) is 23.3 Å². The van der Waals surface area contributed by atoms with E-state index in [2.05, 4.69) is 0 Å². The summed E-state index contributed by atoms with van der Waals surface area (Å²) in [5.74, 6) is -8.61. The van der Waals surface area contributed by atoms with Crippen LogP contribution in [-0.2, 0) is 0 Å². The van der Waals surface area contributed by atoms with Gasteiger partial charge in [-0.2, -0.15) is 0 Å². The molecular weight excluding hydrogens is 306 g/mol. The van der Waals surface area contributed by atoms with Gasteiger partial charge in [-0.15, -0.1) is 0 Å². The first kappa shape index (κ1) is 16.4. The van der Waals surface area contributed by atoms with Crippen LogP contribution in [0.15, 0.2) is 0 Å². The molecule has 0 saturated carbocycles. The Balaban J connectivity index is 3.03. The van der Waals surface area contributed by atoms with Gasteiger partial charge in [-0.05, 0) is 44.4 Å². The number of benzene rings is 2. The molecule has 2 aromatic carbocycles. The highest BCUT2D eigenvalue weighted by Crippen LogP contribution is 2.38. The van der Waals surface area contributed by atoms with Crippen LogP contribution in [0.5, 0.6) is 0 Å². The Morgan fingerprint density at radius 3 is 1.32 bits per heavy atom. The van der Waals surface area contributed by atoms with E-state index in [1.165, 1.54) is 6.92 Å². The fraction of sp³-hybridized carbons (Fsp3) is 0.250. The zero-order valence-electron chi connectivity index (χ0n) is 12.3. The van der Waals surface area contributed by atoms with Crippen LogP contribution in [0, 0.1) is 62.6 Å². The third-order valence-corrected chi connectivity index (χ3v) is 3.88. The summed E-state index contributed by atoms with van der Waals surface area (Å²) in [6.07, 6.45) is 0. The van der Waals surface area contributed by atoms with E-state index in [-0.39, 0.29) is 11.1 Å². The normalized spacial score (nSPS) is 11.2. The fourth-order valence-electron chi connectivity index (χ4n) is 2.33. The molecule has 0 spiro atoms. The lowest BCUT2D eigenvalue weighted by Gasteiger charge is -2.16. The highest BCUT2D eigenvalue weighted by Gasteiger charge is 2.29. The fourth-order valence-corrected chi connectivity index (χ4v) is 2.33. The molecule has 2 rings (SSSR count). The third kappa shape index (κ3) is 2.09. The van der Waals surface area contributed by atoms with Gasteiger partial charge in [0.1, 0.15) is 11.6 Å². The maximum atomic E-state index is 14.3. The molecule has 0 aromatic heterocycles. The van der Waals surface area contributed by atoms with Crippen molar-refractivity contribution < 1.29 is 26.3 Å². The van der Waals surface area contributed by atoms with E-state index < -0.39 is 57.2 Å². The van der Waals surface area contributed by atoms with Gasteiger partial charge in [0.2, 0.25) is 0 Å². The lowest BCUT2D eigenvalue weighted by atomic mass is 9.93. The van der Waals surface area contributed by atoms with Crippen LogP contribution in [0.3, 0.4) is 0 Å². The van der Waals surface area contributed by atoms with Crippen LogP contribution in [0.4, 0.5) is 26.3 Å². The first-order valence-corrected chi connectivity index (χ1v) is 6.38. The summed E-state index contributed by atoms with van der Waals surface area (Å²) >= 11 is 0. The van der Waals surface area contributed by atoms with Crippen LogP contribution in [-0.4, -0.2) is 0 Å². The van der Waals surface area contributed by atoms with Crippen LogP contribution in [0.25, 0.3) is 11.1 Å². The van der Waals surface area contributed by atoms with Crippen LogP contribution in [0.2, 0.25) is 0 Å². The van der Waals surface area contributed by atoms with E-state index in [0.29, 0.717) is 0 Å². The molecule has 0 unspecified atom stereocenters. The predicted molar refractivity (Wildman–Crippen MR) is 70.6 cm³/mol. The van der Waals surface area contributed by atoms with Crippen molar-refractivity contribution in [3.8, 4) is 11.1 Å². The maximum absolute atomic E-state index is 14.3. The molecule has 6 heteroatoms. The van der Waals surface area contributed by atoms with Gasteiger partial charge >= 0.3 is 0 Å². The molecular formula is C16H12F6. The van der Waals surface area contributed by atoms with Gasteiger partial charge in [0, 0.05) is 11.1 Å². The molecule has 0 aliphatic rings. The summed E-state index contributed by atoms with van der Waals surface area (Å²) in [5.41, 5.74) is -3.69. The molecule has 0 bridgehead atoms. The first-order chi connectivity index (χ1) is 10.1. The van der Waals surface area contributed by atoms with Crippen molar-refractivity contribution in [1.29, 1.82) is 0 Å². The third-order valence-electron chi connectivity index (χ3n) is 3.88. The average molecular weight is 318 g/mol. The summed E-state index contributed by atoms with van der Waals surface area (Å²) in [6.45, 7) is 4.37. The van der Waals surface area contributed by atoms with E-state index in [1.54, 1.807) is 0 Å². The number of halogens is 6. The zero-order valence-corrected chi connectivity index (χ0v) is 12.3. The second-order valence-electron chi connectivity index (χ2n) is 5.13. The Hall–Kier alpha value is -1.98. The van der Waals surface area contributed by atoms with Gasteiger partial charge in [-0.25, -0.2) is 26.3 Å². The van der Waals surface area contributed by atoms with E-state index in [1.807, 2.05) is 0 Å². The molecule has 0 nitrogen and oxygen atoms in total. The second kappa shape index (κ2) is 5.34. The van der Waals surface area contributed by atoms with E-state index in [0.717, 1.165) is 20.8 Å². The summed E-state index contributed by atoms with van der Waals surface area (Å²) < 4.78 is 83.9. The first-order valence-electron chi connectivity index (χ1n) is 6.38. The Kier molecular flexibility index (Phi) is 3.98. The number of hydrogen-bond acceptors (Lipinski definition) is 0. The molecule has 0 atom stereocenters. The lowest BCUT2D eigenvalue weighted by Crippen LogP contribution is -2.08. The molecule has 2 aromatic rings. The van der Waals surface area contributed by atoms with Gasteiger partial charge < -0.3 is 0 Å². The molecule has 0 amide bonds. The molecule has 0 aliphatic heterocycles. The SMILES string of the molecule is Cc1c(F)c(C)c(-c2c(F)c(C)c(C)c(F)c2F)c(F)c1F. The summed E-state index contributed by atoms with van der Waals surface area (Å²) in [5, 5.41) is 0. The van der Waals surface area contributed by atoms with Crippen molar-refractivity contribution in [3.05, 3.63) is 57.2 Å². The monoisotopic (exact) mass is 318 g/mol. The second-order valence-corrected chi connectivity index (χ2v) is 5.13. The van der Waals surface area contributed by atoms with Gasteiger partial charge in [-0.1, -0.05) is 0 Å².